The third kappa shape index (κ3) is 3.79. The maximum atomic E-state index is 13.8. The number of nitrogens with one attached hydrogen (secondary N) is 1. The van der Waals surface area contributed by atoms with Gasteiger partial charge in [0, 0.05) is 24.2 Å². The lowest BCUT2D eigenvalue weighted by Gasteiger charge is -2.30. The highest BCUT2D eigenvalue weighted by atomic mass is 19.1. The molecule has 1 aromatic carbocycles. The normalized spacial score (nSPS) is 13.3. The van der Waals surface area contributed by atoms with Crippen molar-refractivity contribution in [1.82, 2.24) is 10.2 Å². The van der Waals surface area contributed by atoms with Crippen LogP contribution in [-0.4, -0.2) is 31.6 Å². The lowest BCUT2D eigenvalue weighted by molar-refractivity contribution is 0.207. The molecule has 0 aliphatic rings. The van der Waals surface area contributed by atoms with Gasteiger partial charge in [-0.2, -0.15) is 0 Å². The van der Waals surface area contributed by atoms with Gasteiger partial charge in [0.2, 0.25) is 0 Å². The van der Waals surface area contributed by atoms with Gasteiger partial charge < -0.3 is 10.2 Å². The molecule has 1 N–H and O–H groups in total. The monoisotopic (exact) mass is 252 g/mol. The fraction of sp³-hybridized carbons (Fsp3) is 0.600. The predicted octanol–water partition coefficient (Wildman–Crippen LogP) is 3.21. The minimum atomic E-state index is -0.130. The smallest absolute Gasteiger partial charge is 0.128 e. The van der Waals surface area contributed by atoms with Crippen molar-refractivity contribution in [2.45, 2.75) is 38.8 Å². The van der Waals surface area contributed by atoms with Gasteiger partial charge in [-0.3, -0.25) is 0 Å². The molecule has 0 aliphatic heterocycles. The van der Waals surface area contributed by atoms with Gasteiger partial charge in [-0.1, -0.05) is 32.0 Å². The Hall–Kier alpha value is -0.930. The topological polar surface area (TPSA) is 15.3 Å². The molecule has 0 fully saturated rings. The number of rotatable bonds is 7. The van der Waals surface area contributed by atoms with Crippen molar-refractivity contribution in [3.8, 4) is 0 Å². The molecule has 1 rings (SSSR count). The predicted molar refractivity (Wildman–Crippen MR) is 75.2 cm³/mol. The van der Waals surface area contributed by atoms with E-state index < -0.39 is 0 Å². The van der Waals surface area contributed by atoms with Gasteiger partial charge >= 0.3 is 0 Å². The van der Waals surface area contributed by atoms with Crippen LogP contribution in [0.3, 0.4) is 0 Å². The van der Waals surface area contributed by atoms with Crippen LogP contribution in [0, 0.1) is 5.82 Å². The average molecular weight is 252 g/mol. The highest BCUT2D eigenvalue weighted by molar-refractivity contribution is 5.21. The second-order valence-corrected chi connectivity index (χ2v) is 4.77. The van der Waals surface area contributed by atoms with Crippen molar-refractivity contribution in [3.63, 3.8) is 0 Å². The molecule has 0 amide bonds. The standard InChI is InChI=1S/C15H25FN2/c1-5-12(6-2)18(4)11-15(17-3)13-9-7-8-10-14(13)16/h7-10,12,15,17H,5-6,11H2,1-4H3. The van der Waals surface area contributed by atoms with E-state index in [0.29, 0.717) is 6.04 Å². The molecule has 0 saturated carbocycles. The molecular weight excluding hydrogens is 227 g/mol. The Balaban J connectivity index is 2.76. The molecular formula is C15H25FN2. The fourth-order valence-electron chi connectivity index (χ4n) is 2.45. The van der Waals surface area contributed by atoms with Gasteiger partial charge in [-0.15, -0.1) is 0 Å². The van der Waals surface area contributed by atoms with Gasteiger partial charge in [-0.05, 0) is 33.0 Å². The van der Waals surface area contributed by atoms with Crippen LogP contribution in [0.1, 0.15) is 38.3 Å². The Morgan fingerprint density at radius 2 is 1.83 bits per heavy atom. The van der Waals surface area contributed by atoms with Crippen molar-refractivity contribution < 1.29 is 4.39 Å². The van der Waals surface area contributed by atoms with Crippen molar-refractivity contribution >= 4 is 0 Å². The van der Waals surface area contributed by atoms with Gasteiger partial charge in [0.1, 0.15) is 5.82 Å². The Morgan fingerprint density at radius 3 is 2.33 bits per heavy atom. The lowest BCUT2D eigenvalue weighted by atomic mass is 10.0. The number of benzene rings is 1. The molecule has 3 heteroatoms. The molecule has 1 aromatic rings. The van der Waals surface area contributed by atoms with Gasteiger partial charge in [0.05, 0.1) is 0 Å². The Labute approximate surface area is 110 Å². The Bertz CT molecular complexity index is 350. The summed E-state index contributed by atoms with van der Waals surface area (Å²) >= 11 is 0. The molecule has 102 valence electrons. The van der Waals surface area contributed by atoms with Gasteiger partial charge in [0.25, 0.3) is 0 Å². The number of likely N-dealkylation sites (N-methyl/N-ethyl adjacent to an activating group) is 2. The third-order valence-corrected chi connectivity index (χ3v) is 3.67. The van der Waals surface area contributed by atoms with E-state index in [-0.39, 0.29) is 11.9 Å². The first-order valence-electron chi connectivity index (χ1n) is 6.75. The number of hydrogen-bond acceptors (Lipinski definition) is 2. The molecule has 0 spiro atoms. The van der Waals surface area contributed by atoms with E-state index in [1.54, 1.807) is 6.07 Å². The van der Waals surface area contributed by atoms with Crippen molar-refractivity contribution in [2.75, 3.05) is 20.6 Å². The van der Waals surface area contributed by atoms with E-state index in [0.717, 1.165) is 24.9 Å². The largest absolute Gasteiger partial charge is 0.312 e. The number of nitrogens with zero attached hydrogens (tertiary/aromatic N) is 1. The Morgan fingerprint density at radius 1 is 1.22 bits per heavy atom. The molecule has 1 atom stereocenters. The molecule has 0 saturated heterocycles. The van der Waals surface area contributed by atoms with Crippen molar-refractivity contribution in [2.24, 2.45) is 0 Å². The van der Waals surface area contributed by atoms with E-state index in [1.165, 1.54) is 6.07 Å². The molecule has 0 heterocycles. The summed E-state index contributed by atoms with van der Waals surface area (Å²) in [7, 11) is 4.00. The van der Waals surface area contributed by atoms with E-state index in [2.05, 4.69) is 31.1 Å². The second-order valence-electron chi connectivity index (χ2n) is 4.77. The minimum Gasteiger partial charge on any atom is -0.312 e. The van der Waals surface area contributed by atoms with Gasteiger partial charge in [-0.25, -0.2) is 4.39 Å². The Kier molecular flexibility index (Phi) is 6.30. The van der Waals surface area contributed by atoms with Crippen LogP contribution in [-0.2, 0) is 0 Å². The summed E-state index contributed by atoms with van der Waals surface area (Å²) < 4.78 is 13.8. The maximum absolute atomic E-state index is 13.8. The van der Waals surface area contributed by atoms with E-state index in [4.69, 9.17) is 0 Å². The summed E-state index contributed by atoms with van der Waals surface area (Å²) in [4.78, 5) is 2.31. The SMILES string of the molecule is CCC(CC)N(C)CC(NC)c1ccccc1F. The summed E-state index contributed by atoms with van der Waals surface area (Å²) in [6.07, 6.45) is 2.25. The van der Waals surface area contributed by atoms with Crippen LogP contribution in [0.15, 0.2) is 24.3 Å². The van der Waals surface area contributed by atoms with E-state index in [9.17, 15) is 4.39 Å². The highest BCUT2D eigenvalue weighted by Crippen LogP contribution is 2.19. The first-order chi connectivity index (χ1) is 8.63. The van der Waals surface area contributed by atoms with Crippen LogP contribution >= 0.6 is 0 Å². The first-order valence-corrected chi connectivity index (χ1v) is 6.75. The molecule has 2 nitrogen and oxygen atoms in total. The van der Waals surface area contributed by atoms with E-state index in [1.807, 2.05) is 19.2 Å². The molecule has 18 heavy (non-hydrogen) atoms. The molecule has 0 radical (unpaired) electrons. The summed E-state index contributed by atoms with van der Waals surface area (Å²) in [6, 6.07) is 7.61. The van der Waals surface area contributed by atoms with E-state index >= 15 is 0 Å². The average Bonchev–Trinajstić information content (AvgIpc) is 2.38. The second kappa shape index (κ2) is 7.49. The number of halogens is 1. The van der Waals surface area contributed by atoms with Gasteiger partial charge in [0.15, 0.2) is 0 Å². The van der Waals surface area contributed by atoms with Crippen LogP contribution in [0.5, 0.6) is 0 Å². The first kappa shape index (κ1) is 15.1. The zero-order chi connectivity index (χ0) is 13.5. The summed E-state index contributed by atoms with van der Waals surface area (Å²) in [6.45, 7) is 5.22. The maximum Gasteiger partial charge on any atom is 0.128 e. The van der Waals surface area contributed by atoms with Crippen LogP contribution < -0.4 is 5.32 Å². The minimum absolute atomic E-state index is 0.0387. The number of hydrogen-bond donors (Lipinski definition) is 1. The molecule has 0 aliphatic carbocycles. The van der Waals surface area contributed by atoms with Crippen LogP contribution in [0.2, 0.25) is 0 Å². The zero-order valence-electron chi connectivity index (χ0n) is 11.9. The highest BCUT2D eigenvalue weighted by Gasteiger charge is 2.18. The summed E-state index contributed by atoms with van der Waals surface area (Å²) in [5.74, 6) is -0.130. The fourth-order valence-corrected chi connectivity index (χ4v) is 2.45. The molecule has 1 unspecified atom stereocenters. The lowest BCUT2D eigenvalue weighted by Crippen LogP contribution is -2.37. The van der Waals surface area contributed by atoms with Crippen molar-refractivity contribution in [3.05, 3.63) is 35.6 Å². The van der Waals surface area contributed by atoms with Crippen LogP contribution in [0.25, 0.3) is 0 Å². The zero-order valence-corrected chi connectivity index (χ0v) is 11.9. The third-order valence-electron chi connectivity index (χ3n) is 3.67. The summed E-state index contributed by atoms with van der Waals surface area (Å²) in [5, 5.41) is 3.21. The summed E-state index contributed by atoms with van der Waals surface area (Å²) in [5.41, 5.74) is 0.748. The molecule has 0 bridgehead atoms. The van der Waals surface area contributed by atoms with Crippen LogP contribution in [0.4, 0.5) is 4.39 Å². The quantitative estimate of drug-likeness (QED) is 0.801. The van der Waals surface area contributed by atoms with Crippen molar-refractivity contribution in [1.29, 1.82) is 0 Å². The molecule has 0 aromatic heterocycles.